The van der Waals surface area contributed by atoms with Crippen molar-refractivity contribution in [3.05, 3.63) is 30.1 Å². The van der Waals surface area contributed by atoms with Crippen molar-refractivity contribution in [3.8, 4) is 0 Å². The lowest BCUT2D eigenvalue weighted by Gasteiger charge is -2.29. The highest BCUT2D eigenvalue weighted by Crippen LogP contribution is 2.44. The van der Waals surface area contributed by atoms with Crippen LogP contribution in [0.2, 0.25) is 0 Å². The van der Waals surface area contributed by atoms with Crippen LogP contribution in [0.4, 0.5) is 4.79 Å². The van der Waals surface area contributed by atoms with Crippen LogP contribution < -0.4 is 0 Å². The van der Waals surface area contributed by atoms with E-state index >= 15 is 0 Å². The lowest BCUT2D eigenvalue weighted by atomic mass is 9.98. The predicted octanol–water partition coefficient (Wildman–Crippen LogP) is 1.40. The molecule has 0 radical (unpaired) electrons. The average molecular weight is 312 g/mol. The summed E-state index contributed by atoms with van der Waals surface area (Å²) < 4.78 is 1.62. The minimum absolute atomic E-state index is 0.0859. The Bertz CT molecular complexity index is 628. The number of amides is 2. The van der Waals surface area contributed by atoms with Gasteiger partial charge in [0.1, 0.15) is 12.1 Å². The average Bonchev–Trinajstić information content (AvgIpc) is 2.99. The van der Waals surface area contributed by atoms with Crippen molar-refractivity contribution in [2.45, 2.75) is 12.1 Å². The molecule has 0 spiro atoms. The van der Waals surface area contributed by atoms with Gasteiger partial charge in [0.25, 0.3) is 0 Å². The van der Waals surface area contributed by atoms with E-state index in [-0.39, 0.29) is 23.9 Å². The number of hydrogen-bond donors (Lipinski definition) is 1. The third kappa shape index (κ3) is 1.90. The van der Waals surface area contributed by atoms with E-state index in [9.17, 15) is 4.79 Å². The Kier molecular flexibility index (Phi) is 3.34. The lowest BCUT2D eigenvalue weighted by molar-refractivity contribution is -0.118. The van der Waals surface area contributed by atoms with Crippen molar-refractivity contribution in [2.24, 2.45) is 12.2 Å². The van der Waals surface area contributed by atoms with Crippen LogP contribution in [0.15, 0.2) is 24.0 Å². The van der Waals surface area contributed by atoms with Gasteiger partial charge in [0, 0.05) is 12.6 Å². The fourth-order valence-electron chi connectivity index (χ4n) is 2.82. The van der Waals surface area contributed by atoms with E-state index in [2.05, 4.69) is 16.8 Å². The summed E-state index contributed by atoms with van der Waals surface area (Å²) in [5.74, 6) is 0. The Morgan fingerprint density at radius 3 is 3.19 bits per heavy atom. The van der Waals surface area contributed by atoms with Crippen LogP contribution in [0.5, 0.6) is 0 Å². The second kappa shape index (κ2) is 5.05. The van der Waals surface area contributed by atoms with Gasteiger partial charge in [-0.25, -0.2) is 4.79 Å². The number of rotatable bonds is 4. The van der Waals surface area contributed by atoms with Crippen LogP contribution in [-0.2, 0) is 11.9 Å². The van der Waals surface area contributed by atoms with Crippen molar-refractivity contribution in [1.29, 1.82) is 0 Å². The summed E-state index contributed by atoms with van der Waals surface area (Å²) in [6.45, 7) is 4.19. The van der Waals surface area contributed by atoms with Gasteiger partial charge in [0.2, 0.25) is 0 Å². The first-order valence-electron chi connectivity index (χ1n) is 6.33. The SMILES string of the molecule is C=CCON1C(=O)N2C[C@H]1c1cnn(C)c1[C@H]2/C(Cl)=N/O. The van der Waals surface area contributed by atoms with Gasteiger partial charge in [-0.15, -0.1) is 6.58 Å². The van der Waals surface area contributed by atoms with E-state index in [0.717, 1.165) is 5.56 Å². The number of hydroxylamine groups is 2. The zero-order chi connectivity index (χ0) is 15.1. The summed E-state index contributed by atoms with van der Waals surface area (Å²) in [5.41, 5.74) is 1.54. The van der Waals surface area contributed by atoms with Gasteiger partial charge in [-0.1, -0.05) is 22.8 Å². The molecule has 112 valence electrons. The molecule has 1 aromatic rings. The van der Waals surface area contributed by atoms with Crippen molar-refractivity contribution in [2.75, 3.05) is 13.2 Å². The first-order valence-corrected chi connectivity index (χ1v) is 6.70. The number of carbonyl (C=O) groups is 1. The summed E-state index contributed by atoms with van der Waals surface area (Å²) in [6.07, 6.45) is 3.24. The van der Waals surface area contributed by atoms with E-state index < -0.39 is 6.04 Å². The predicted molar refractivity (Wildman–Crippen MR) is 73.9 cm³/mol. The number of carbonyl (C=O) groups excluding carboxylic acids is 1. The fourth-order valence-corrected chi connectivity index (χ4v) is 3.04. The van der Waals surface area contributed by atoms with Gasteiger partial charge in [-0.3, -0.25) is 9.52 Å². The van der Waals surface area contributed by atoms with E-state index in [1.165, 1.54) is 9.96 Å². The molecule has 2 amide bonds. The number of hydrogen-bond acceptors (Lipinski definition) is 5. The molecule has 2 atom stereocenters. The molecule has 2 aliphatic heterocycles. The number of aromatic nitrogens is 2. The normalized spacial score (nSPS) is 24.5. The molecule has 8 nitrogen and oxygen atoms in total. The molecule has 1 fully saturated rings. The summed E-state index contributed by atoms with van der Waals surface area (Å²) >= 11 is 6.00. The number of nitrogens with zero attached hydrogens (tertiary/aromatic N) is 5. The molecular weight excluding hydrogens is 298 g/mol. The molecule has 1 saturated heterocycles. The van der Waals surface area contributed by atoms with E-state index in [4.69, 9.17) is 21.6 Å². The van der Waals surface area contributed by atoms with Gasteiger partial charge in [-0.05, 0) is 0 Å². The van der Waals surface area contributed by atoms with Gasteiger partial charge in [0.15, 0.2) is 5.17 Å². The van der Waals surface area contributed by atoms with Crippen LogP contribution in [0.1, 0.15) is 23.3 Å². The molecule has 9 heteroatoms. The molecule has 0 saturated carbocycles. The molecule has 0 aromatic carbocycles. The van der Waals surface area contributed by atoms with Crippen LogP contribution in [-0.4, -0.2) is 49.3 Å². The standard InChI is InChI=1S/C12H14ClN5O3/c1-3-4-21-18-8-6-17(12(18)19)10(11(13)15-20)9-7(8)5-14-16(9)2/h3,5,8,10,20H,1,4,6H2,2H3/b15-11-/t8-,10-/m0/s1. The van der Waals surface area contributed by atoms with Gasteiger partial charge in [-0.2, -0.15) is 10.2 Å². The Morgan fingerprint density at radius 2 is 2.52 bits per heavy atom. The number of halogens is 1. The Labute approximate surface area is 125 Å². The lowest BCUT2D eigenvalue weighted by Crippen LogP contribution is -2.38. The number of urea groups is 1. The maximum absolute atomic E-state index is 12.5. The molecule has 1 aromatic heterocycles. The number of aryl methyl sites for hydroxylation is 1. The van der Waals surface area contributed by atoms with E-state index in [1.807, 2.05) is 0 Å². The maximum Gasteiger partial charge on any atom is 0.345 e. The van der Waals surface area contributed by atoms with Gasteiger partial charge < -0.3 is 10.1 Å². The summed E-state index contributed by atoms with van der Waals surface area (Å²) in [6, 6.07) is -1.26. The van der Waals surface area contributed by atoms with Crippen LogP contribution >= 0.6 is 11.6 Å². The van der Waals surface area contributed by atoms with Crippen LogP contribution in [0.25, 0.3) is 0 Å². The van der Waals surface area contributed by atoms with Crippen molar-refractivity contribution < 1.29 is 14.8 Å². The highest BCUT2D eigenvalue weighted by atomic mass is 35.5. The number of oxime groups is 1. The molecule has 21 heavy (non-hydrogen) atoms. The van der Waals surface area contributed by atoms with Crippen LogP contribution in [0, 0.1) is 0 Å². The Balaban J connectivity index is 2.08. The Morgan fingerprint density at radius 1 is 1.76 bits per heavy atom. The monoisotopic (exact) mass is 311 g/mol. The van der Waals surface area contributed by atoms with Gasteiger partial charge in [0.05, 0.1) is 25.0 Å². The largest absolute Gasteiger partial charge is 0.410 e. The molecular formula is C12H14ClN5O3. The third-order valence-corrected chi connectivity index (χ3v) is 3.97. The van der Waals surface area contributed by atoms with Crippen molar-refractivity contribution in [3.63, 3.8) is 0 Å². The smallest absolute Gasteiger partial charge is 0.345 e. The summed E-state index contributed by atoms with van der Waals surface area (Å²) in [7, 11) is 1.75. The molecule has 2 bridgehead atoms. The second-order valence-electron chi connectivity index (χ2n) is 4.79. The first-order chi connectivity index (χ1) is 10.1. The fraction of sp³-hybridized carbons (Fsp3) is 0.417. The third-order valence-electron chi connectivity index (χ3n) is 3.68. The molecule has 0 unspecified atom stereocenters. The van der Waals surface area contributed by atoms with Crippen molar-refractivity contribution in [1.82, 2.24) is 19.7 Å². The van der Waals surface area contributed by atoms with Gasteiger partial charge >= 0.3 is 6.03 Å². The Hall–Kier alpha value is -2.06. The molecule has 3 heterocycles. The molecule has 0 aliphatic carbocycles. The maximum atomic E-state index is 12.5. The minimum atomic E-state index is -0.666. The zero-order valence-electron chi connectivity index (χ0n) is 11.3. The molecule has 2 aliphatic rings. The zero-order valence-corrected chi connectivity index (χ0v) is 12.1. The molecule has 1 N–H and O–H groups in total. The van der Waals surface area contributed by atoms with E-state index in [1.54, 1.807) is 24.0 Å². The topological polar surface area (TPSA) is 83.2 Å². The number of fused-ring (bicyclic) bond motifs is 4. The summed E-state index contributed by atoms with van der Waals surface area (Å²) in [5, 5.41) is 17.4. The highest BCUT2D eigenvalue weighted by Gasteiger charge is 2.51. The highest BCUT2D eigenvalue weighted by molar-refractivity contribution is 6.66. The second-order valence-corrected chi connectivity index (χ2v) is 5.18. The first kappa shape index (κ1) is 13.9. The van der Waals surface area contributed by atoms with Crippen molar-refractivity contribution >= 4 is 22.8 Å². The minimum Gasteiger partial charge on any atom is -0.410 e. The van der Waals surface area contributed by atoms with E-state index in [0.29, 0.717) is 12.2 Å². The summed E-state index contributed by atoms with van der Waals surface area (Å²) in [4.78, 5) is 19.4. The molecule has 3 rings (SSSR count). The van der Waals surface area contributed by atoms with Crippen LogP contribution in [0.3, 0.4) is 0 Å². The quantitative estimate of drug-likeness (QED) is 0.394.